The molecule has 0 unspecified atom stereocenters. The summed E-state index contributed by atoms with van der Waals surface area (Å²) in [7, 11) is 1.56. The third-order valence-corrected chi connectivity index (χ3v) is 4.16. The number of carbonyl (C=O) groups excluding carboxylic acids is 1. The maximum absolute atomic E-state index is 12.4. The first-order chi connectivity index (χ1) is 13.0. The number of methoxy groups -OCH3 is 1. The molecule has 27 heavy (non-hydrogen) atoms. The number of aromatic hydroxyl groups is 1. The zero-order valence-corrected chi connectivity index (χ0v) is 15.7. The highest BCUT2D eigenvalue weighted by atomic mass is 16.5. The van der Waals surface area contributed by atoms with Gasteiger partial charge in [0.1, 0.15) is 23.1 Å². The first kappa shape index (κ1) is 19.9. The summed E-state index contributed by atoms with van der Waals surface area (Å²) >= 11 is 0. The Bertz CT molecular complexity index is 863. The third kappa shape index (κ3) is 5.02. The molecule has 6 heteroatoms. The van der Waals surface area contributed by atoms with Gasteiger partial charge in [-0.05, 0) is 56.3 Å². The molecule has 0 bridgehead atoms. The van der Waals surface area contributed by atoms with Crippen LogP contribution in [0.4, 0.5) is 11.4 Å². The molecule has 2 N–H and O–H groups in total. The van der Waals surface area contributed by atoms with Crippen molar-refractivity contribution in [2.75, 3.05) is 30.4 Å². The van der Waals surface area contributed by atoms with Gasteiger partial charge < -0.3 is 20.1 Å². The van der Waals surface area contributed by atoms with Gasteiger partial charge in [0, 0.05) is 36.1 Å². The van der Waals surface area contributed by atoms with Crippen LogP contribution in [0.25, 0.3) is 6.08 Å². The molecule has 0 aromatic heterocycles. The zero-order chi connectivity index (χ0) is 19.8. The number of nitrogens with one attached hydrogen (secondary N) is 1. The van der Waals surface area contributed by atoms with Crippen molar-refractivity contribution in [1.82, 2.24) is 0 Å². The van der Waals surface area contributed by atoms with E-state index in [1.54, 1.807) is 43.5 Å². The fraction of sp³-hybridized carbons (Fsp3) is 0.238. The van der Waals surface area contributed by atoms with Crippen LogP contribution in [-0.4, -0.2) is 31.2 Å². The number of amides is 1. The first-order valence-corrected chi connectivity index (χ1v) is 8.67. The van der Waals surface area contributed by atoms with E-state index in [1.165, 1.54) is 6.08 Å². The lowest BCUT2D eigenvalue weighted by Gasteiger charge is -2.21. The van der Waals surface area contributed by atoms with Gasteiger partial charge in [-0.25, -0.2) is 0 Å². The Morgan fingerprint density at radius 3 is 2.41 bits per heavy atom. The standard InChI is InChI=1S/C21H23N3O3/c1-4-24(5-2)18-9-6-15(20(25)13-18)12-16(14-22)21(26)23-17-7-10-19(27-3)11-8-17/h6-13,25H,4-5H2,1-3H3,(H,23,26). The Kier molecular flexibility index (Phi) is 6.84. The first-order valence-electron chi connectivity index (χ1n) is 8.67. The molecule has 0 aliphatic heterocycles. The molecule has 2 aromatic carbocycles. The Hall–Kier alpha value is -3.46. The van der Waals surface area contributed by atoms with Crippen molar-refractivity contribution in [3.05, 3.63) is 53.6 Å². The number of nitrogens with zero attached hydrogens (tertiary/aromatic N) is 2. The number of nitriles is 1. The number of hydrogen-bond donors (Lipinski definition) is 2. The average molecular weight is 365 g/mol. The van der Waals surface area contributed by atoms with Crippen molar-refractivity contribution >= 4 is 23.4 Å². The highest BCUT2D eigenvalue weighted by molar-refractivity contribution is 6.09. The van der Waals surface area contributed by atoms with Crippen LogP contribution in [0, 0.1) is 11.3 Å². The molecule has 0 spiro atoms. The van der Waals surface area contributed by atoms with E-state index in [4.69, 9.17) is 4.74 Å². The quantitative estimate of drug-likeness (QED) is 0.576. The van der Waals surface area contributed by atoms with Crippen LogP contribution in [0.1, 0.15) is 19.4 Å². The van der Waals surface area contributed by atoms with E-state index in [-0.39, 0.29) is 11.3 Å². The number of rotatable bonds is 7. The second-order valence-electron chi connectivity index (χ2n) is 5.77. The molecule has 6 nitrogen and oxygen atoms in total. The lowest BCUT2D eigenvalue weighted by Crippen LogP contribution is -2.21. The van der Waals surface area contributed by atoms with Gasteiger partial charge in [-0.1, -0.05) is 0 Å². The van der Waals surface area contributed by atoms with Crippen LogP contribution >= 0.6 is 0 Å². The van der Waals surface area contributed by atoms with Crippen molar-refractivity contribution in [3.63, 3.8) is 0 Å². The monoisotopic (exact) mass is 365 g/mol. The molecule has 140 valence electrons. The number of anilines is 2. The Balaban J connectivity index is 2.21. The molecular formula is C21H23N3O3. The molecule has 0 saturated heterocycles. The van der Waals surface area contributed by atoms with Crippen LogP contribution < -0.4 is 15.0 Å². The molecule has 1 amide bonds. The molecular weight excluding hydrogens is 342 g/mol. The minimum Gasteiger partial charge on any atom is -0.507 e. The number of hydrogen-bond acceptors (Lipinski definition) is 5. The number of phenols is 1. The van der Waals surface area contributed by atoms with Gasteiger partial charge in [-0.2, -0.15) is 5.26 Å². The summed E-state index contributed by atoms with van der Waals surface area (Å²) in [6.07, 6.45) is 1.38. The van der Waals surface area contributed by atoms with Crippen molar-refractivity contribution in [2.24, 2.45) is 0 Å². The Labute approximate surface area is 159 Å². The van der Waals surface area contributed by atoms with E-state index in [9.17, 15) is 15.2 Å². The summed E-state index contributed by atoms with van der Waals surface area (Å²) in [5.74, 6) is 0.140. The van der Waals surface area contributed by atoms with Crippen molar-refractivity contribution < 1.29 is 14.6 Å². The molecule has 0 aliphatic rings. The SMILES string of the molecule is CCN(CC)c1ccc(C=C(C#N)C(=O)Nc2ccc(OC)cc2)c(O)c1. The lowest BCUT2D eigenvalue weighted by molar-refractivity contribution is -0.112. The number of phenolic OH excluding ortho intramolecular Hbond substituents is 1. The van der Waals surface area contributed by atoms with E-state index >= 15 is 0 Å². The van der Waals surface area contributed by atoms with Crippen LogP contribution in [-0.2, 0) is 4.79 Å². The van der Waals surface area contributed by atoms with Crippen LogP contribution in [0.3, 0.4) is 0 Å². The van der Waals surface area contributed by atoms with Gasteiger partial charge in [-0.15, -0.1) is 0 Å². The number of carbonyl (C=O) groups is 1. The summed E-state index contributed by atoms with van der Waals surface area (Å²) in [5.41, 5.74) is 1.74. The van der Waals surface area contributed by atoms with Gasteiger partial charge in [-0.3, -0.25) is 4.79 Å². The van der Waals surface area contributed by atoms with Gasteiger partial charge >= 0.3 is 0 Å². The highest BCUT2D eigenvalue weighted by Crippen LogP contribution is 2.27. The summed E-state index contributed by atoms with van der Waals surface area (Å²) < 4.78 is 5.07. The minimum atomic E-state index is -0.546. The fourth-order valence-corrected chi connectivity index (χ4v) is 2.62. The third-order valence-electron chi connectivity index (χ3n) is 4.16. The Morgan fingerprint density at radius 2 is 1.89 bits per heavy atom. The second-order valence-corrected chi connectivity index (χ2v) is 5.77. The molecule has 0 atom stereocenters. The van der Waals surface area contributed by atoms with E-state index < -0.39 is 5.91 Å². The molecule has 2 rings (SSSR count). The highest BCUT2D eigenvalue weighted by Gasteiger charge is 2.12. The smallest absolute Gasteiger partial charge is 0.266 e. The summed E-state index contributed by atoms with van der Waals surface area (Å²) in [4.78, 5) is 14.5. The van der Waals surface area contributed by atoms with E-state index in [1.807, 2.05) is 26.0 Å². The Morgan fingerprint density at radius 1 is 1.22 bits per heavy atom. The van der Waals surface area contributed by atoms with Crippen LogP contribution in [0.2, 0.25) is 0 Å². The molecule has 0 heterocycles. The molecule has 0 aliphatic carbocycles. The second kappa shape index (κ2) is 9.30. The molecule has 2 aromatic rings. The normalized spacial score (nSPS) is 10.8. The predicted octanol–water partition coefficient (Wildman–Crippen LogP) is 3.79. The molecule has 0 radical (unpaired) electrons. The maximum Gasteiger partial charge on any atom is 0.266 e. The zero-order valence-electron chi connectivity index (χ0n) is 15.7. The van der Waals surface area contributed by atoms with Gasteiger partial charge in [0.05, 0.1) is 7.11 Å². The van der Waals surface area contributed by atoms with Gasteiger partial charge in [0.25, 0.3) is 5.91 Å². The minimum absolute atomic E-state index is 0.0180. The van der Waals surface area contributed by atoms with Gasteiger partial charge in [0.15, 0.2) is 0 Å². The van der Waals surface area contributed by atoms with Crippen molar-refractivity contribution in [3.8, 4) is 17.6 Å². The largest absolute Gasteiger partial charge is 0.507 e. The summed E-state index contributed by atoms with van der Waals surface area (Å²) in [6, 6.07) is 13.9. The fourth-order valence-electron chi connectivity index (χ4n) is 2.62. The van der Waals surface area contributed by atoms with Crippen LogP contribution in [0.15, 0.2) is 48.0 Å². The average Bonchev–Trinajstić information content (AvgIpc) is 2.68. The van der Waals surface area contributed by atoms with Crippen molar-refractivity contribution in [1.29, 1.82) is 5.26 Å². The molecule has 0 saturated carbocycles. The number of ether oxygens (including phenoxy) is 1. The summed E-state index contributed by atoms with van der Waals surface area (Å²) in [6.45, 7) is 5.70. The van der Waals surface area contributed by atoms with Crippen LogP contribution in [0.5, 0.6) is 11.5 Å². The topological polar surface area (TPSA) is 85.6 Å². The van der Waals surface area contributed by atoms with Crippen molar-refractivity contribution in [2.45, 2.75) is 13.8 Å². The summed E-state index contributed by atoms with van der Waals surface area (Å²) in [5, 5.41) is 22.3. The van der Waals surface area contributed by atoms with E-state index in [0.717, 1.165) is 18.8 Å². The lowest BCUT2D eigenvalue weighted by atomic mass is 10.1. The maximum atomic E-state index is 12.4. The van der Waals surface area contributed by atoms with Gasteiger partial charge in [0.2, 0.25) is 0 Å². The van der Waals surface area contributed by atoms with E-state index in [0.29, 0.717) is 17.0 Å². The van der Waals surface area contributed by atoms with E-state index in [2.05, 4.69) is 10.2 Å². The molecule has 0 fully saturated rings. The predicted molar refractivity (Wildman–Crippen MR) is 107 cm³/mol. The number of benzene rings is 2.